The Balaban J connectivity index is 1.59. The largest absolute Gasteiger partial charge is 0.492 e. The number of carbonyl (C=O) groups is 1. The van der Waals surface area contributed by atoms with Crippen LogP contribution in [0.1, 0.15) is 33.4 Å². The molecule has 0 bridgehead atoms. The van der Waals surface area contributed by atoms with Crippen LogP contribution in [-0.2, 0) is 6.42 Å². The molecule has 5 rings (SSSR count). The van der Waals surface area contributed by atoms with Crippen LogP contribution in [-0.4, -0.2) is 88.7 Å². The molecule has 1 atom stereocenters. The Morgan fingerprint density at radius 3 is 2.97 bits per heavy atom. The summed E-state index contributed by atoms with van der Waals surface area (Å²) >= 11 is 0. The molecular weight excluding hydrogens is 440 g/mol. The average Bonchev–Trinajstić information content (AvgIpc) is 3.52. The van der Waals surface area contributed by atoms with Crippen LogP contribution in [0.3, 0.4) is 0 Å². The molecule has 1 aromatic heterocycles. The van der Waals surface area contributed by atoms with Crippen molar-refractivity contribution in [3.8, 4) is 22.9 Å². The van der Waals surface area contributed by atoms with E-state index in [4.69, 9.17) is 19.3 Å². The third-order valence-electron chi connectivity index (χ3n) is 6.25. The summed E-state index contributed by atoms with van der Waals surface area (Å²) in [6, 6.07) is 8.82. The molecule has 0 radical (unpaired) electrons. The summed E-state index contributed by atoms with van der Waals surface area (Å²) in [6.45, 7) is 1.09. The molecule has 0 saturated heterocycles. The molecule has 2 aliphatic rings. The number of hydrogen-bond donors (Lipinski definition) is 1. The first-order chi connectivity index (χ1) is 16.5. The highest BCUT2D eigenvalue weighted by Gasteiger charge is 2.37. The number of nitrogens with zero attached hydrogens (tertiary/aromatic N) is 6. The zero-order chi connectivity index (χ0) is 23.8. The highest BCUT2D eigenvalue weighted by Crippen LogP contribution is 2.50. The second-order valence-corrected chi connectivity index (χ2v) is 8.30. The van der Waals surface area contributed by atoms with Crippen molar-refractivity contribution in [1.29, 1.82) is 0 Å². The van der Waals surface area contributed by atoms with Gasteiger partial charge in [-0.25, -0.2) is 0 Å². The molecule has 2 aliphatic heterocycles. The lowest BCUT2D eigenvalue weighted by Crippen LogP contribution is -2.35. The van der Waals surface area contributed by atoms with E-state index in [1.807, 2.05) is 19.2 Å². The van der Waals surface area contributed by atoms with Gasteiger partial charge in [0.1, 0.15) is 6.04 Å². The SMILES string of the molecule is COc1c2c(cc3c1C(c1nnnn1-c1cccc(C(=O)N(C)CCO)c1)N(C)CC3)OCO2. The van der Waals surface area contributed by atoms with Crippen LogP contribution in [0, 0.1) is 0 Å². The van der Waals surface area contributed by atoms with Crippen LogP contribution in [0.4, 0.5) is 0 Å². The first-order valence-corrected chi connectivity index (χ1v) is 11.0. The predicted octanol–water partition coefficient (Wildman–Crippen LogP) is 1.04. The molecule has 11 nitrogen and oxygen atoms in total. The Morgan fingerprint density at radius 2 is 2.18 bits per heavy atom. The summed E-state index contributed by atoms with van der Waals surface area (Å²) in [7, 11) is 5.28. The lowest BCUT2D eigenvalue weighted by atomic mass is 9.90. The highest BCUT2D eigenvalue weighted by atomic mass is 16.7. The van der Waals surface area contributed by atoms with Gasteiger partial charge in [-0.05, 0) is 53.7 Å². The van der Waals surface area contributed by atoms with Gasteiger partial charge in [-0.2, -0.15) is 4.68 Å². The molecule has 1 N–H and O–H groups in total. The second kappa shape index (κ2) is 8.92. The van der Waals surface area contributed by atoms with Gasteiger partial charge < -0.3 is 24.2 Å². The molecule has 0 saturated carbocycles. The van der Waals surface area contributed by atoms with E-state index in [1.165, 1.54) is 4.90 Å². The van der Waals surface area contributed by atoms with Crippen molar-refractivity contribution in [3.63, 3.8) is 0 Å². The number of likely N-dealkylation sites (N-methyl/N-ethyl adjacent to an activating group) is 2. The summed E-state index contributed by atoms with van der Waals surface area (Å²) in [5.74, 6) is 2.27. The van der Waals surface area contributed by atoms with E-state index < -0.39 is 0 Å². The number of aromatic nitrogens is 4. The van der Waals surface area contributed by atoms with E-state index in [2.05, 4.69) is 20.4 Å². The summed E-state index contributed by atoms with van der Waals surface area (Å²) in [5.41, 5.74) is 3.16. The van der Waals surface area contributed by atoms with Gasteiger partial charge in [-0.15, -0.1) is 5.10 Å². The molecule has 34 heavy (non-hydrogen) atoms. The van der Waals surface area contributed by atoms with Crippen LogP contribution < -0.4 is 14.2 Å². The second-order valence-electron chi connectivity index (χ2n) is 8.30. The first kappa shape index (κ1) is 22.1. The number of benzene rings is 2. The van der Waals surface area contributed by atoms with Gasteiger partial charge in [0.25, 0.3) is 5.91 Å². The Kier molecular flexibility index (Phi) is 5.80. The molecule has 3 aromatic rings. The summed E-state index contributed by atoms with van der Waals surface area (Å²) in [5, 5.41) is 21.8. The molecule has 1 amide bonds. The molecule has 2 aromatic carbocycles. The zero-order valence-corrected chi connectivity index (χ0v) is 19.3. The zero-order valence-electron chi connectivity index (χ0n) is 19.3. The van der Waals surface area contributed by atoms with Gasteiger partial charge in [0, 0.05) is 31.3 Å². The van der Waals surface area contributed by atoms with Gasteiger partial charge in [0.15, 0.2) is 17.3 Å². The Hall–Kier alpha value is -3.70. The molecule has 0 aliphatic carbocycles. The van der Waals surface area contributed by atoms with E-state index in [0.29, 0.717) is 34.3 Å². The number of carbonyl (C=O) groups excluding carboxylic acids is 1. The van der Waals surface area contributed by atoms with Crippen LogP contribution in [0.5, 0.6) is 17.2 Å². The number of tetrazole rings is 1. The van der Waals surface area contributed by atoms with E-state index in [1.54, 1.807) is 37.0 Å². The van der Waals surface area contributed by atoms with Crippen molar-refractivity contribution in [2.75, 3.05) is 47.7 Å². The number of ether oxygens (including phenoxy) is 3. The van der Waals surface area contributed by atoms with Gasteiger partial charge >= 0.3 is 0 Å². The first-order valence-electron chi connectivity index (χ1n) is 11.0. The third kappa shape index (κ3) is 3.62. The fourth-order valence-electron chi connectivity index (χ4n) is 4.55. The number of fused-ring (bicyclic) bond motifs is 2. The molecular formula is C23H26N6O5. The number of rotatable bonds is 6. The van der Waals surface area contributed by atoms with Crippen molar-refractivity contribution >= 4 is 5.91 Å². The van der Waals surface area contributed by atoms with Gasteiger partial charge in [-0.1, -0.05) is 6.07 Å². The van der Waals surface area contributed by atoms with E-state index >= 15 is 0 Å². The van der Waals surface area contributed by atoms with Crippen LogP contribution in [0.25, 0.3) is 5.69 Å². The minimum atomic E-state index is -0.306. The average molecular weight is 466 g/mol. The normalized spacial score (nSPS) is 16.9. The van der Waals surface area contributed by atoms with Gasteiger partial charge in [0.05, 0.1) is 19.4 Å². The highest BCUT2D eigenvalue weighted by molar-refractivity contribution is 5.94. The molecule has 0 spiro atoms. The van der Waals surface area contributed by atoms with Crippen molar-refractivity contribution < 1.29 is 24.1 Å². The van der Waals surface area contributed by atoms with Crippen molar-refractivity contribution in [3.05, 3.63) is 52.8 Å². The quantitative estimate of drug-likeness (QED) is 0.569. The van der Waals surface area contributed by atoms with Crippen molar-refractivity contribution in [2.24, 2.45) is 0 Å². The Labute approximate surface area is 196 Å². The maximum Gasteiger partial charge on any atom is 0.253 e. The molecule has 1 unspecified atom stereocenters. The molecule has 0 fully saturated rings. The number of hydrogen-bond acceptors (Lipinski definition) is 9. The molecule has 178 valence electrons. The summed E-state index contributed by atoms with van der Waals surface area (Å²) in [6.07, 6.45) is 0.818. The number of methoxy groups -OCH3 is 1. The Morgan fingerprint density at radius 1 is 1.32 bits per heavy atom. The summed E-state index contributed by atoms with van der Waals surface area (Å²) in [4.78, 5) is 16.4. The van der Waals surface area contributed by atoms with Crippen molar-refractivity contribution in [2.45, 2.75) is 12.5 Å². The Bertz CT molecular complexity index is 1230. The van der Waals surface area contributed by atoms with Crippen LogP contribution >= 0.6 is 0 Å². The minimum Gasteiger partial charge on any atom is -0.492 e. The predicted molar refractivity (Wildman–Crippen MR) is 120 cm³/mol. The fourth-order valence-corrected chi connectivity index (χ4v) is 4.55. The van der Waals surface area contributed by atoms with Crippen molar-refractivity contribution in [1.82, 2.24) is 30.0 Å². The topological polar surface area (TPSA) is 115 Å². The van der Waals surface area contributed by atoms with Gasteiger partial charge in [-0.3, -0.25) is 9.69 Å². The van der Waals surface area contributed by atoms with Crippen LogP contribution in [0.2, 0.25) is 0 Å². The maximum absolute atomic E-state index is 12.8. The number of amides is 1. The minimum absolute atomic E-state index is 0.104. The van der Waals surface area contributed by atoms with E-state index in [-0.39, 0.29) is 31.9 Å². The third-order valence-corrected chi connectivity index (χ3v) is 6.25. The number of aliphatic hydroxyl groups excluding tert-OH is 1. The lowest BCUT2D eigenvalue weighted by molar-refractivity contribution is 0.0767. The van der Waals surface area contributed by atoms with Gasteiger partial charge in [0.2, 0.25) is 12.5 Å². The van der Waals surface area contributed by atoms with E-state index in [0.717, 1.165) is 24.1 Å². The molecule has 3 heterocycles. The smallest absolute Gasteiger partial charge is 0.253 e. The monoisotopic (exact) mass is 466 g/mol. The lowest BCUT2D eigenvalue weighted by Gasteiger charge is -2.34. The fraction of sp³-hybridized carbons (Fsp3) is 0.391. The van der Waals surface area contributed by atoms with Crippen LogP contribution in [0.15, 0.2) is 30.3 Å². The van der Waals surface area contributed by atoms with E-state index in [9.17, 15) is 4.79 Å². The maximum atomic E-state index is 12.8. The summed E-state index contributed by atoms with van der Waals surface area (Å²) < 4.78 is 18.8. The standard InChI is InChI=1S/C23H26N6O5/c1-27-8-7-14-12-17-20(34-13-33-17)21(32-3)18(14)19(27)22-24-25-26-29(22)16-6-4-5-15(11-16)23(31)28(2)9-10-30/h4-6,11-12,19,30H,7-10,13H2,1-3H3. The molecule has 11 heteroatoms. The number of aliphatic hydroxyl groups is 1.